The first kappa shape index (κ1) is 19.9. The first-order valence-electron chi connectivity index (χ1n) is 10.2. The van der Waals surface area contributed by atoms with Crippen LogP contribution >= 0.6 is 11.6 Å². The minimum atomic E-state index is -0.519. The summed E-state index contributed by atoms with van der Waals surface area (Å²) in [6, 6.07) is 20.4. The van der Waals surface area contributed by atoms with Gasteiger partial charge in [-0.1, -0.05) is 41.9 Å². The summed E-state index contributed by atoms with van der Waals surface area (Å²) in [6.07, 6.45) is 4.53. The average molecular weight is 407 g/mol. The Morgan fingerprint density at radius 3 is 2.17 bits per heavy atom. The van der Waals surface area contributed by atoms with E-state index in [0.717, 1.165) is 34.1 Å². The molecule has 1 fully saturated rings. The molecule has 1 saturated heterocycles. The van der Waals surface area contributed by atoms with Crippen molar-refractivity contribution in [2.45, 2.75) is 38.8 Å². The van der Waals surface area contributed by atoms with Crippen LogP contribution in [0.2, 0.25) is 5.02 Å². The van der Waals surface area contributed by atoms with E-state index in [4.69, 9.17) is 16.3 Å². The zero-order chi connectivity index (χ0) is 20.3. The summed E-state index contributed by atoms with van der Waals surface area (Å²) in [5.41, 5.74) is 3.88. The second-order valence-corrected chi connectivity index (χ2v) is 8.62. The Morgan fingerprint density at radius 2 is 1.55 bits per heavy atom. The van der Waals surface area contributed by atoms with Gasteiger partial charge in [0, 0.05) is 23.3 Å². The Morgan fingerprint density at radius 1 is 0.897 bits per heavy atom. The second-order valence-electron chi connectivity index (χ2n) is 8.18. The van der Waals surface area contributed by atoms with Crippen LogP contribution in [0.1, 0.15) is 37.9 Å². The fraction of sp³-hybridized carbons (Fsp3) is 0.320. The normalized spacial score (nSPS) is 14.9. The molecule has 1 aliphatic heterocycles. The summed E-state index contributed by atoms with van der Waals surface area (Å²) in [6.45, 7) is 7.55. The smallest absolute Gasteiger partial charge is 0.145 e. The fourth-order valence-corrected chi connectivity index (χ4v) is 3.90. The molecule has 0 radical (unpaired) electrons. The van der Waals surface area contributed by atoms with Crippen molar-refractivity contribution in [3.8, 4) is 16.9 Å². The molecule has 0 N–H and O–H groups in total. The molecule has 0 unspecified atom stereocenters. The third-order valence-corrected chi connectivity index (χ3v) is 5.71. The molecule has 0 saturated carbocycles. The fourth-order valence-electron chi connectivity index (χ4n) is 3.77. The molecule has 29 heavy (non-hydrogen) atoms. The van der Waals surface area contributed by atoms with E-state index in [1.807, 2.05) is 36.5 Å². The SMILES string of the molecule is CC(C)(Oc1ccc(CN2CCCC2)cc1)c1ccc(-c2ccc(Cl)cc2)cn1. The summed E-state index contributed by atoms with van der Waals surface area (Å²) in [7, 11) is 0. The molecule has 4 heteroatoms. The summed E-state index contributed by atoms with van der Waals surface area (Å²) in [5.74, 6) is 0.865. The highest BCUT2D eigenvalue weighted by Gasteiger charge is 2.24. The number of ether oxygens (including phenoxy) is 1. The standard InChI is InChI=1S/C25H27ClN2O/c1-25(2,24-14-9-21(17-27-24)20-7-10-22(26)11-8-20)29-23-12-5-19(6-13-23)18-28-15-3-4-16-28/h5-14,17H,3-4,15-16,18H2,1-2H3. The third-order valence-electron chi connectivity index (χ3n) is 5.46. The van der Waals surface area contributed by atoms with Crippen LogP contribution in [0.25, 0.3) is 11.1 Å². The van der Waals surface area contributed by atoms with Crippen LogP contribution in [0.15, 0.2) is 66.9 Å². The van der Waals surface area contributed by atoms with E-state index in [9.17, 15) is 0 Å². The Hall–Kier alpha value is -2.36. The van der Waals surface area contributed by atoms with Gasteiger partial charge in [0.2, 0.25) is 0 Å². The number of hydrogen-bond acceptors (Lipinski definition) is 3. The highest BCUT2D eigenvalue weighted by Crippen LogP contribution is 2.29. The molecule has 0 spiro atoms. The van der Waals surface area contributed by atoms with Crippen molar-refractivity contribution in [2.24, 2.45) is 0 Å². The van der Waals surface area contributed by atoms with Crippen LogP contribution in [-0.2, 0) is 12.1 Å². The van der Waals surface area contributed by atoms with Gasteiger partial charge in [-0.3, -0.25) is 9.88 Å². The maximum atomic E-state index is 6.28. The van der Waals surface area contributed by atoms with Crippen molar-refractivity contribution < 1.29 is 4.74 Å². The van der Waals surface area contributed by atoms with Crippen LogP contribution in [0, 0.1) is 0 Å². The number of hydrogen-bond donors (Lipinski definition) is 0. The van der Waals surface area contributed by atoms with Crippen molar-refractivity contribution in [3.63, 3.8) is 0 Å². The molecule has 4 rings (SSSR count). The van der Waals surface area contributed by atoms with E-state index in [0.29, 0.717) is 0 Å². The number of rotatable bonds is 6. The first-order chi connectivity index (χ1) is 14.0. The van der Waals surface area contributed by atoms with Crippen molar-refractivity contribution >= 4 is 11.6 Å². The Kier molecular flexibility index (Phi) is 5.89. The van der Waals surface area contributed by atoms with E-state index >= 15 is 0 Å². The van der Waals surface area contributed by atoms with Crippen molar-refractivity contribution in [1.82, 2.24) is 9.88 Å². The summed E-state index contributed by atoms with van der Waals surface area (Å²) in [5, 5.41) is 0.735. The van der Waals surface area contributed by atoms with Gasteiger partial charge in [0.1, 0.15) is 11.4 Å². The van der Waals surface area contributed by atoms with Gasteiger partial charge in [0.25, 0.3) is 0 Å². The van der Waals surface area contributed by atoms with Gasteiger partial charge >= 0.3 is 0 Å². The Balaban J connectivity index is 1.43. The molecule has 3 aromatic rings. The number of halogens is 1. The molecule has 0 atom stereocenters. The lowest BCUT2D eigenvalue weighted by molar-refractivity contribution is 0.104. The molecule has 1 aliphatic rings. The molecule has 3 nitrogen and oxygen atoms in total. The van der Waals surface area contributed by atoms with Gasteiger partial charge in [0.15, 0.2) is 0 Å². The van der Waals surface area contributed by atoms with Crippen LogP contribution in [-0.4, -0.2) is 23.0 Å². The lowest BCUT2D eigenvalue weighted by Crippen LogP contribution is -2.26. The zero-order valence-electron chi connectivity index (χ0n) is 17.1. The molecular weight excluding hydrogens is 380 g/mol. The van der Waals surface area contributed by atoms with Gasteiger partial charge in [-0.25, -0.2) is 0 Å². The van der Waals surface area contributed by atoms with Gasteiger partial charge < -0.3 is 4.74 Å². The number of pyridine rings is 1. The number of nitrogens with zero attached hydrogens (tertiary/aromatic N) is 2. The first-order valence-corrected chi connectivity index (χ1v) is 10.6. The highest BCUT2D eigenvalue weighted by atomic mass is 35.5. The molecule has 1 aromatic heterocycles. The molecule has 0 aliphatic carbocycles. The van der Waals surface area contributed by atoms with E-state index in [1.165, 1.54) is 31.5 Å². The lowest BCUT2D eigenvalue weighted by Gasteiger charge is -2.26. The highest BCUT2D eigenvalue weighted by molar-refractivity contribution is 6.30. The van der Waals surface area contributed by atoms with Crippen LogP contribution < -0.4 is 4.74 Å². The van der Waals surface area contributed by atoms with Crippen molar-refractivity contribution in [3.05, 3.63) is 83.1 Å². The van der Waals surface area contributed by atoms with Gasteiger partial charge in [0.05, 0.1) is 5.69 Å². The largest absolute Gasteiger partial charge is 0.482 e. The Bertz CT molecular complexity index is 928. The molecule has 0 amide bonds. The van der Waals surface area contributed by atoms with Crippen molar-refractivity contribution in [2.75, 3.05) is 13.1 Å². The quantitative estimate of drug-likeness (QED) is 0.479. The minimum absolute atomic E-state index is 0.519. The van der Waals surface area contributed by atoms with Gasteiger partial charge in [-0.05, 0) is 81.2 Å². The summed E-state index contributed by atoms with van der Waals surface area (Å²) >= 11 is 5.98. The van der Waals surface area contributed by atoms with E-state index in [2.05, 4.69) is 54.1 Å². The maximum absolute atomic E-state index is 6.28. The molecule has 150 valence electrons. The second kappa shape index (κ2) is 8.56. The monoisotopic (exact) mass is 406 g/mol. The molecule has 2 aromatic carbocycles. The topological polar surface area (TPSA) is 25.4 Å². The molecule has 0 bridgehead atoms. The summed E-state index contributed by atoms with van der Waals surface area (Å²) in [4.78, 5) is 7.17. The van der Waals surface area contributed by atoms with Crippen LogP contribution in [0.3, 0.4) is 0 Å². The minimum Gasteiger partial charge on any atom is -0.482 e. The van der Waals surface area contributed by atoms with Crippen LogP contribution in [0.4, 0.5) is 0 Å². The third kappa shape index (κ3) is 4.98. The van der Waals surface area contributed by atoms with E-state index in [1.54, 1.807) is 0 Å². The predicted molar refractivity (Wildman–Crippen MR) is 119 cm³/mol. The Labute approximate surface area is 178 Å². The average Bonchev–Trinajstić information content (AvgIpc) is 3.23. The zero-order valence-corrected chi connectivity index (χ0v) is 17.8. The molecule has 2 heterocycles. The van der Waals surface area contributed by atoms with Gasteiger partial charge in [-0.2, -0.15) is 0 Å². The number of benzene rings is 2. The maximum Gasteiger partial charge on any atom is 0.145 e. The van der Waals surface area contributed by atoms with Crippen molar-refractivity contribution in [1.29, 1.82) is 0 Å². The number of aromatic nitrogens is 1. The van der Waals surface area contributed by atoms with Gasteiger partial charge in [-0.15, -0.1) is 0 Å². The molecular formula is C25H27ClN2O. The lowest BCUT2D eigenvalue weighted by atomic mass is 10.0. The predicted octanol–water partition coefficient (Wildman–Crippen LogP) is 6.31. The van der Waals surface area contributed by atoms with E-state index < -0.39 is 5.60 Å². The number of likely N-dealkylation sites (tertiary alicyclic amines) is 1. The van der Waals surface area contributed by atoms with Crippen LogP contribution in [0.5, 0.6) is 5.75 Å². The van der Waals surface area contributed by atoms with E-state index in [-0.39, 0.29) is 0 Å². The summed E-state index contributed by atoms with van der Waals surface area (Å²) < 4.78 is 6.28.